The van der Waals surface area contributed by atoms with Crippen LogP contribution in [-0.2, 0) is 17.1 Å². The fourth-order valence-electron chi connectivity index (χ4n) is 2.86. The molecular weight excluding hydrogens is 338 g/mol. The van der Waals surface area contributed by atoms with Gasteiger partial charge in [-0.1, -0.05) is 11.2 Å². The summed E-state index contributed by atoms with van der Waals surface area (Å²) in [5, 5.41) is 6.95. The third-order valence-electron chi connectivity index (χ3n) is 4.10. The first-order valence-corrected chi connectivity index (χ1v) is 9.63. The minimum atomic E-state index is 0.0772. The second-order valence-corrected chi connectivity index (χ2v) is 7.15. The summed E-state index contributed by atoms with van der Waals surface area (Å²) in [6, 6.07) is 6.27. The Morgan fingerprint density at radius 3 is 2.92 bits per heavy atom. The lowest BCUT2D eigenvalue weighted by Crippen LogP contribution is -2.44. The van der Waals surface area contributed by atoms with E-state index in [0.717, 1.165) is 38.2 Å². The minimum Gasteiger partial charge on any atom is -0.353 e. The van der Waals surface area contributed by atoms with Crippen LogP contribution in [0.2, 0.25) is 0 Å². The average molecular weight is 361 g/mol. The summed E-state index contributed by atoms with van der Waals surface area (Å²) in [5.41, 5.74) is 1.10. The molecule has 7 nitrogen and oxygen atoms in total. The summed E-state index contributed by atoms with van der Waals surface area (Å²) in [5.74, 6) is 2.28. The molecule has 0 spiro atoms. The molecule has 0 saturated carbocycles. The van der Waals surface area contributed by atoms with Crippen molar-refractivity contribution in [2.24, 2.45) is 0 Å². The highest BCUT2D eigenvalue weighted by molar-refractivity contribution is 7.99. The molecule has 1 amide bonds. The minimum absolute atomic E-state index is 0.0772. The van der Waals surface area contributed by atoms with Gasteiger partial charge in [0.1, 0.15) is 0 Å². The Bertz CT molecular complexity index is 671. The number of hydrogen-bond donors (Lipinski definition) is 1. The smallest absolute Gasteiger partial charge is 0.230 e. The molecule has 1 aliphatic rings. The van der Waals surface area contributed by atoms with Crippen LogP contribution in [0.3, 0.4) is 0 Å². The van der Waals surface area contributed by atoms with Gasteiger partial charge in [0.05, 0.1) is 17.2 Å². The highest BCUT2D eigenvalue weighted by Crippen LogP contribution is 2.14. The molecule has 1 N–H and O–H groups in total. The summed E-state index contributed by atoms with van der Waals surface area (Å²) in [4.78, 5) is 22.9. The van der Waals surface area contributed by atoms with Crippen molar-refractivity contribution >= 4 is 17.7 Å². The molecule has 0 atom stereocenters. The van der Waals surface area contributed by atoms with Gasteiger partial charge in [-0.2, -0.15) is 4.98 Å². The molecule has 25 heavy (non-hydrogen) atoms. The van der Waals surface area contributed by atoms with Crippen LogP contribution >= 0.6 is 11.8 Å². The standard InChI is InChI=1S/C17H23N5O2S/c1-13-19-16(21-24-13)11-25-12-17(23)20-14-5-8-22(9-6-14)10-15-4-2-3-7-18-15/h2-4,7,14H,5-6,8-12H2,1H3,(H,20,23). The Hall–Kier alpha value is -1.93. The van der Waals surface area contributed by atoms with Gasteiger partial charge in [0.2, 0.25) is 11.8 Å². The van der Waals surface area contributed by atoms with E-state index in [4.69, 9.17) is 4.52 Å². The molecule has 8 heteroatoms. The largest absolute Gasteiger partial charge is 0.353 e. The molecule has 0 unspecified atom stereocenters. The zero-order chi connectivity index (χ0) is 17.5. The van der Waals surface area contributed by atoms with Crippen molar-refractivity contribution in [2.75, 3.05) is 18.8 Å². The number of piperidine rings is 1. The van der Waals surface area contributed by atoms with Crippen molar-refractivity contribution in [3.63, 3.8) is 0 Å². The third kappa shape index (κ3) is 5.82. The fourth-order valence-corrected chi connectivity index (χ4v) is 3.53. The molecule has 0 radical (unpaired) electrons. The Balaban J connectivity index is 1.32. The van der Waals surface area contributed by atoms with Gasteiger partial charge in [-0.3, -0.25) is 14.7 Å². The van der Waals surface area contributed by atoms with Crippen LogP contribution < -0.4 is 5.32 Å². The van der Waals surface area contributed by atoms with Gasteiger partial charge in [-0.05, 0) is 25.0 Å². The second kappa shape index (κ2) is 8.96. The zero-order valence-electron chi connectivity index (χ0n) is 14.4. The first kappa shape index (κ1) is 17.9. The normalized spacial score (nSPS) is 16.0. The van der Waals surface area contributed by atoms with Crippen LogP contribution in [0.5, 0.6) is 0 Å². The lowest BCUT2D eigenvalue weighted by atomic mass is 10.0. The highest BCUT2D eigenvalue weighted by Gasteiger charge is 2.20. The molecule has 2 aromatic heterocycles. The van der Waals surface area contributed by atoms with Crippen molar-refractivity contribution in [3.05, 3.63) is 41.8 Å². The van der Waals surface area contributed by atoms with E-state index in [0.29, 0.717) is 23.2 Å². The lowest BCUT2D eigenvalue weighted by molar-refractivity contribution is -0.119. The molecule has 3 heterocycles. The number of thioether (sulfide) groups is 1. The van der Waals surface area contributed by atoms with Crippen molar-refractivity contribution in [3.8, 4) is 0 Å². The highest BCUT2D eigenvalue weighted by atomic mass is 32.2. The molecule has 0 aliphatic carbocycles. The number of pyridine rings is 1. The Morgan fingerprint density at radius 2 is 2.24 bits per heavy atom. The summed E-state index contributed by atoms with van der Waals surface area (Å²) in [6.07, 6.45) is 3.79. The molecule has 0 aromatic carbocycles. The van der Waals surface area contributed by atoms with E-state index in [9.17, 15) is 4.79 Å². The van der Waals surface area contributed by atoms with Gasteiger partial charge >= 0.3 is 0 Å². The van der Waals surface area contributed by atoms with Gasteiger partial charge in [0.25, 0.3) is 0 Å². The van der Waals surface area contributed by atoms with E-state index in [1.54, 1.807) is 6.92 Å². The number of aromatic nitrogens is 3. The Morgan fingerprint density at radius 1 is 1.40 bits per heavy atom. The predicted octanol–water partition coefficient (Wildman–Crippen LogP) is 1.79. The molecule has 2 aromatic rings. The van der Waals surface area contributed by atoms with Crippen molar-refractivity contribution in [2.45, 2.75) is 38.1 Å². The van der Waals surface area contributed by atoms with E-state index in [1.165, 1.54) is 11.8 Å². The number of carbonyl (C=O) groups excluding carboxylic acids is 1. The maximum Gasteiger partial charge on any atom is 0.230 e. The van der Waals surface area contributed by atoms with Crippen LogP contribution in [0.4, 0.5) is 0 Å². The molecule has 3 rings (SSSR count). The Kier molecular flexibility index (Phi) is 6.41. The monoisotopic (exact) mass is 361 g/mol. The first-order chi connectivity index (χ1) is 12.2. The van der Waals surface area contributed by atoms with Crippen LogP contribution in [0.15, 0.2) is 28.9 Å². The summed E-state index contributed by atoms with van der Waals surface area (Å²) >= 11 is 1.50. The van der Waals surface area contributed by atoms with Gasteiger partial charge in [-0.15, -0.1) is 11.8 Å². The van der Waals surface area contributed by atoms with Gasteiger partial charge in [0.15, 0.2) is 5.82 Å². The van der Waals surface area contributed by atoms with Gasteiger partial charge < -0.3 is 9.84 Å². The molecule has 1 saturated heterocycles. The first-order valence-electron chi connectivity index (χ1n) is 8.47. The summed E-state index contributed by atoms with van der Waals surface area (Å²) < 4.78 is 4.91. The third-order valence-corrected chi connectivity index (χ3v) is 5.03. The second-order valence-electron chi connectivity index (χ2n) is 6.16. The van der Waals surface area contributed by atoms with Crippen LogP contribution in [0.1, 0.15) is 30.3 Å². The molecule has 0 bridgehead atoms. The number of carbonyl (C=O) groups is 1. The van der Waals surface area contributed by atoms with Crippen LogP contribution in [0.25, 0.3) is 0 Å². The number of aryl methyl sites for hydroxylation is 1. The van der Waals surface area contributed by atoms with Crippen LogP contribution in [-0.4, -0.2) is 50.8 Å². The van der Waals surface area contributed by atoms with Crippen LogP contribution in [0, 0.1) is 6.92 Å². The SMILES string of the molecule is Cc1nc(CSCC(=O)NC2CCN(Cc3ccccn3)CC2)no1. The van der Waals surface area contributed by atoms with Crippen molar-refractivity contribution < 1.29 is 9.32 Å². The molecular formula is C17H23N5O2S. The van der Waals surface area contributed by atoms with Crippen molar-refractivity contribution in [1.29, 1.82) is 0 Å². The maximum absolute atomic E-state index is 12.1. The van der Waals surface area contributed by atoms with E-state index < -0.39 is 0 Å². The summed E-state index contributed by atoms with van der Waals surface area (Å²) in [6.45, 7) is 4.60. The number of likely N-dealkylation sites (tertiary alicyclic amines) is 1. The zero-order valence-corrected chi connectivity index (χ0v) is 15.2. The van der Waals surface area contributed by atoms with Gasteiger partial charge in [0, 0.05) is 38.8 Å². The van der Waals surface area contributed by atoms with E-state index in [2.05, 4.69) is 31.4 Å². The average Bonchev–Trinajstić information content (AvgIpc) is 3.03. The maximum atomic E-state index is 12.1. The van der Waals surface area contributed by atoms with E-state index >= 15 is 0 Å². The lowest BCUT2D eigenvalue weighted by Gasteiger charge is -2.32. The number of amides is 1. The van der Waals surface area contributed by atoms with Crippen molar-refractivity contribution in [1.82, 2.24) is 25.3 Å². The number of nitrogens with zero attached hydrogens (tertiary/aromatic N) is 4. The molecule has 134 valence electrons. The van der Waals surface area contributed by atoms with E-state index in [-0.39, 0.29) is 11.9 Å². The number of rotatable bonds is 7. The molecule has 1 aliphatic heterocycles. The fraction of sp³-hybridized carbons (Fsp3) is 0.529. The molecule has 1 fully saturated rings. The van der Waals surface area contributed by atoms with E-state index in [1.807, 2.05) is 18.3 Å². The predicted molar refractivity (Wildman–Crippen MR) is 95.9 cm³/mol. The topological polar surface area (TPSA) is 84.2 Å². The van der Waals surface area contributed by atoms with Gasteiger partial charge in [-0.25, -0.2) is 0 Å². The Labute approximate surface area is 151 Å². The number of hydrogen-bond acceptors (Lipinski definition) is 7. The quantitative estimate of drug-likeness (QED) is 0.805. The summed E-state index contributed by atoms with van der Waals surface area (Å²) in [7, 11) is 0. The number of nitrogens with one attached hydrogen (secondary N) is 1.